The molecule has 0 unspecified atom stereocenters. The van der Waals surface area contributed by atoms with Gasteiger partial charge in [-0.05, 0) is 60.7 Å². The van der Waals surface area contributed by atoms with Gasteiger partial charge < -0.3 is 5.32 Å². The molecule has 4 aromatic rings. The summed E-state index contributed by atoms with van der Waals surface area (Å²) in [6.45, 7) is 4.10. The molecule has 8 heteroatoms. The van der Waals surface area contributed by atoms with Gasteiger partial charge in [-0.15, -0.1) is 11.8 Å². The quantitative estimate of drug-likeness (QED) is 0.350. The number of fused-ring (bicyclic) bond motifs is 1. The Morgan fingerprint density at radius 1 is 1.11 bits per heavy atom. The van der Waals surface area contributed by atoms with Crippen LogP contribution in [-0.2, 0) is 9.59 Å². The Balaban J connectivity index is 1.61. The lowest BCUT2D eigenvalue weighted by atomic mass is 10.0. The first-order valence-corrected chi connectivity index (χ1v) is 14.5. The predicted octanol–water partition coefficient (Wildman–Crippen LogP) is 5.67. The number of hydrogen-bond donors (Lipinski definition) is 1. The summed E-state index contributed by atoms with van der Waals surface area (Å²) in [6, 6.07) is 18.7. The smallest absolute Gasteiger partial charge is 0.240 e. The van der Waals surface area contributed by atoms with Gasteiger partial charge in [0.1, 0.15) is 12.4 Å². The summed E-state index contributed by atoms with van der Waals surface area (Å²) < 4.78 is 1.89. The lowest BCUT2D eigenvalue weighted by Crippen LogP contribution is -2.43. The molecule has 0 saturated heterocycles. The molecule has 6 nitrogen and oxygen atoms in total. The molecule has 188 valence electrons. The number of benzene rings is 2. The Morgan fingerprint density at radius 2 is 1.92 bits per heavy atom. The normalized spacial score (nSPS) is 17.4. The second-order valence-corrected chi connectivity index (χ2v) is 11.6. The van der Waals surface area contributed by atoms with Crippen molar-refractivity contribution in [3.8, 4) is 16.9 Å². The Kier molecular flexibility index (Phi) is 6.38. The van der Waals surface area contributed by atoms with Crippen molar-refractivity contribution in [2.45, 2.75) is 38.0 Å². The van der Waals surface area contributed by atoms with E-state index in [1.54, 1.807) is 28.0 Å². The van der Waals surface area contributed by atoms with E-state index in [0.717, 1.165) is 52.0 Å². The minimum absolute atomic E-state index is 0.0237. The fourth-order valence-corrected chi connectivity index (χ4v) is 6.83. The lowest BCUT2D eigenvalue weighted by molar-refractivity contribution is -0.123. The molecule has 1 atom stereocenters. The molecule has 1 saturated carbocycles. The maximum Gasteiger partial charge on any atom is 0.240 e. The standard InChI is InChI=1S/C29H28N4O2S2/c1-18-8-11-23(19(2)14-18)33-29-26(27(31-33)20-6-4-3-5-7-20)28(21-12-13-36-16-21)37-17-25(35)32(29)15-24(34)30-22-9-10-22/h3-8,11-14,16,22,28H,9-10,15,17H2,1-2H3,(H,30,34)/t28-/m1/s1. The van der Waals surface area contributed by atoms with E-state index in [0.29, 0.717) is 5.82 Å². The molecule has 6 rings (SSSR count). The first-order valence-electron chi connectivity index (χ1n) is 12.5. The lowest BCUT2D eigenvalue weighted by Gasteiger charge is -2.23. The summed E-state index contributed by atoms with van der Waals surface area (Å²) in [5.41, 5.74) is 7.06. The van der Waals surface area contributed by atoms with Gasteiger partial charge >= 0.3 is 0 Å². The minimum atomic E-state index is -0.129. The molecule has 37 heavy (non-hydrogen) atoms. The summed E-state index contributed by atoms with van der Waals surface area (Å²) in [6.07, 6.45) is 2.00. The van der Waals surface area contributed by atoms with Crippen molar-refractivity contribution in [2.24, 2.45) is 0 Å². The van der Waals surface area contributed by atoms with Crippen molar-refractivity contribution in [1.82, 2.24) is 15.1 Å². The van der Waals surface area contributed by atoms with Gasteiger partial charge in [0.2, 0.25) is 11.8 Å². The maximum absolute atomic E-state index is 13.7. The van der Waals surface area contributed by atoms with E-state index in [9.17, 15) is 9.59 Å². The van der Waals surface area contributed by atoms with Gasteiger partial charge in [-0.2, -0.15) is 16.4 Å². The fourth-order valence-electron chi connectivity index (χ4n) is 4.87. The summed E-state index contributed by atoms with van der Waals surface area (Å²) in [7, 11) is 0. The number of aryl methyl sites for hydroxylation is 2. The Hall–Kier alpha value is -3.36. The van der Waals surface area contributed by atoms with Gasteiger partial charge in [0.15, 0.2) is 0 Å². The maximum atomic E-state index is 13.7. The van der Waals surface area contributed by atoms with Crippen LogP contribution >= 0.6 is 23.1 Å². The number of aromatic nitrogens is 2. The van der Waals surface area contributed by atoms with E-state index in [-0.39, 0.29) is 35.4 Å². The molecule has 1 aliphatic carbocycles. The Bertz CT molecular complexity index is 1460. The van der Waals surface area contributed by atoms with Crippen molar-refractivity contribution >= 4 is 40.7 Å². The third kappa shape index (κ3) is 4.71. The van der Waals surface area contributed by atoms with E-state index in [4.69, 9.17) is 5.10 Å². The number of hydrogen-bond acceptors (Lipinski definition) is 5. The Labute approximate surface area is 224 Å². The van der Waals surface area contributed by atoms with Crippen LogP contribution in [0.25, 0.3) is 16.9 Å². The molecule has 2 aromatic heterocycles. The van der Waals surface area contributed by atoms with E-state index < -0.39 is 0 Å². The van der Waals surface area contributed by atoms with Crippen LogP contribution in [-0.4, -0.2) is 39.9 Å². The average Bonchev–Trinajstić information content (AvgIpc) is 3.41. The molecule has 0 spiro atoms. The van der Waals surface area contributed by atoms with Gasteiger partial charge in [0, 0.05) is 17.2 Å². The van der Waals surface area contributed by atoms with E-state index in [1.807, 2.05) is 22.9 Å². The number of anilines is 1. The summed E-state index contributed by atoms with van der Waals surface area (Å²) in [5, 5.41) is 12.4. The van der Waals surface area contributed by atoms with Crippen LogP contribution in [0.4, 0.5) is 5.82 Å². The monoisotopic (exact) mass is 528 g/mol. The van der Waals surface area contributed by atoms with Gasteiger partial charge in [0.25, 0.3) is 0 Å². The summed E-state index contributed by atoms with van der Waals surface area (Å²) in [5.74, 6) is 0.756. The zero-order valence-electron chi connectivity index (χ0n) is 20.8. The highest BCUT2D eigenvalue weighted by Gasteiger charge is 2.38. The molecule has 2 aromatic carbocycles. The van der Waals surface area contributed by atoms with Gasteiger partial charge in [-0.25, -0.2) is 4.68 Å². The Morgan fingerprint density at radius 3 is 2.62 bits per heavy atom. The van der Waals surface area contributed by atoms with Crippen LogP contribution in [0.3, 0.4) is 0 Å². The first-order chi connectivity index (χ1) is 18.0. The molecule has 3 heterocycles. The second-order valence-electron chi connectivity index (χ2n) is 9.72. The largest absolute Gasteiger partial charge is 0.352 e. The molecule has 2 amide bonds. The molecule has 1 fully saturated rings. The molecular weight excluding hydrogens is 500 g/mol. The van der Waals surface area contributed by atoms with Gasteiger partial charge in [0.05, 0.1) is 22.4 Å². The number of amides is 2. The van der Waals surface area contributed by atoms with Crippen LogP contribution in [0.5, 0.6) is 0 Å². The second kappa shape index (κ2) is 9.84. The number of thiophene rings is 1. The topological polar surface area (TPSA) is 67.2 Å². The summed E-state index contributed by atoms with van der Waals surface area (Å²) >= 11 is 3.25. The van der Waals surface area contributed by atoms with Gasteiger partial charge in [-0.3, -0.25) is 14.5 Å². The van der Waals surface area contributed by atoms with Crippen molar-refractivity contribution in [3.05, 3.63) is 87.6 Å². The van der Waals surface area contributed by atoms with Crippen LogP contribution in [0, 0.1) is 13.8 Å². The van der Waals surface area contributed by atoms with E-state index in [2.05, 4.69) is 66.3 Å². The minimum Gasteiger partial charge on any atom is -0.352 e. The molecular formula is C29H28N4O2S2. The fraction of sp³-hybridized carbons (Fsp3) is 0.276. The zero-order valence-corrected chi connectivity index (χ0v) is 22.4. The number of nitrogens with zero attached hydrogens (tertiary/aromatic N) is 3. The zero-order chi connectivity index (χ0) is 25.5. The third-order valence-corrected chi connectivity index (χ3v) is 8.76. The number of rotatable bonds is 6. The van der Waals surface area contributed by atoms with Crippen LogP contribution in [0.1, 0.15) is 40.3 Å². The molecule has 1 aliphatic heterocycles. The van der Waals surface area contributed by atoms with Crippen molar-refractivity contribution < 1.29 is 9.59 Å². The van der Waals surface area contributed by atoms with Gasteiger partial charge in [-0.1, -0.05) is 48.0 Å². The third-order valence-electron chi connectivity index (χ3n) is 6.81. The average molecular weight is 529 g/mol. The van der Waals surface area contributed by atoms with Crippen molar-refractivity contribution in [3.63, 3.8) is 0 Å². The molecule has 0 radical (unpaired) electrons. The highest BCUT2D eigenvalue weighted by atomic mass is 32.2. The van der Waals surface area contributed by atoms with E-state index in [1.165, 1.54) is 0 Å². The molecule has 2 aliphatic rings. The first kappa shape index (κ1) is 24.0. The SMILES string of the molecule is Cc1ccc(-n2nc(-c3ccccc3)c3c2N(CC(=O)NC2CC2)C(=O)CS[C@@H]3c2ccsc2)c(C)c1. The number of nitrogens with one attached hydrogen (secondary N) is 1. The molecule has 0 bridgehead atoms. The summed E-state index contributed by atoms with van der Waals surface area (Å²) in [4.78, 5) is 28.4. The van der Waals surface area contributed by atoms with Crippen molar-refractivity contribution in [2.75, 3.05) is 17.2 Å². The predicted molar refractivity (Wildman–Crippen MR) is 151 cm³/mol. The van der Waals surface area contributed by atoms with Crippen LogP contribution in [0.15, 0.2) is 65.4 Å². The van der Waals surface area contributed by atoms with Crippen LogP contribution < -0.4 is 10.2 Å². The van der Waals surface area contributed by atoms with Crippen LogP contribution in [0.2, 0.25) is 0 Å². The number of thioether (sulfide) groups is 1. The number of carbonyl (C=O) groups is 2. The highest BCUT2D eigenvalue weighted by Crippen LogP contribution is 2.49. The highest BCUT2D eigenvalue weighted by molar-refractivity contribution is 8.00. The van der Waals surface area contributed by atoms with E-state index >= 15 is 0 Å². The molecule has 1 N–H and O–H groups in total. The van der Waals surface area contributed by atoms with Crippen molar-refractivity contribution in [1.29, 1.82) is 0 Å². The number of carbonyl (C=O) groups excluding carboxylic acids is 2.